The van der Waals surface area contributed by atoms with Gasteiger partial charge in [0.2, 0.25) is 15.7 Å². The highest BCUT2D eigenvalue weighted by Gasteiger charge is 2.32. The Labute approximate surface area is 129 Å². The fourth-order valence-electron chi connectivity index (χ4n) is 2.32. The topological polar surface area (TPSA) is 54.5 Å². The molecular weight excluding hydrogens is 312 g/mol. The van der Waals surface area contributed by atoms with Gasteiger partial charge in [0, 0.05) is 13.1 Å². The van der Waals surface area contributed by atoms with Gasteiger partial charge in [-0.2, -0.15) is 8.78 Å². The van der Waals surface area contributed by atoms with Crippen LogP contribution < -0.4 is 0 Å². The van der Waals surface area contributed by atoms with Crippen molar-refractivity contribution in [1.82, 2.24) is 4.90 Å². The Morgan fingerprint density at radius 1 is 1.27 bits per heavy atom. The number of benzene rings is 1. The van der Waals surface area contributed by atoms with Crippen molar-refractivity contribution in [1.29, 1.82) is 0 Å². The Hall–Kier alpha value is -1.50. The smallest absolute Gasteiger partial charge is 0.341 e. The fraction of sp³-hybridized carbons (Fsp3) is 0.533. The summed E-state index contributed by atoms with van der Waals surface area (Å²) in [5, 5.41) is 0. The quantitative estimate of drug-likeness (QED) is 0.805. The number of hydrogen-bond donors (Lipinski definition) is 0. The predicted octanol–water partition coefficient (Wildman–Crippen LogP) is 2.48. The van der Waals surface area contributed by atoms with E-state index in [1.54, 1.807) is 11.9 Å². The molecule has 22 heavy (non-hydrogen) atoms. The second-order valence-corrected chi connectivity index (χ2v) is 7.63. The third kappa shape index (κ3) is 3.63. The number of sulfone groups is 1. The van der Waals surface area contributed by atoms with Crippen molar-refractivity contribution in [3.05, 3.63) is 29.8 Å². The lowest BCUT2D eigenvalue weighted by Gasteiger charge is -2.25. The zero-order valence-corrected chi connectivity index (χ0v) is 13.3. The molecule has 0 heterocycles. The number of alkyl halides is 2. The summed E-state index contributed by atoms with van der Waals surface area (Å²) in [6.45, 7) is 2.01. The van der Waals surface area contributed by atoms with Gasteiger partial charge in [0.1, 0.15) is 0 Å². The molecule has 1 aliphatic carbocycles. The van der Waals surface area contributed by atoms with Crippen LogP contribution in [-0.4, -0.2) is 38.1 Å². The van der Waals surface area contributed by atoms with E-state index in [1.165, 1.54) is 12.1 Å². The van der Waals surface area contributed by atoms with Gasteiger partial charge < -0.3 is 4.90 Å². The van der Waals surface area contributed by atoms with Crippen molar-refractivity contribution < 1.29 is 22.0 Å². The van der Waals surface area contributed by atoms with Gasteiger partial charge in [0.15, 0.2) is 0 Å². The number of rotatable bonds is 6. The van der Waals surface area contributed by atoms with Crippen LogP contribution in [-0.2, 0) is 21.1 Å². The minimum atomic E-state index is -4.58. The molecule has 1 aliphatic rings. The van der Waals surface area contributed by atoms with E-state index in [0.29, 0.717) is 11.5 Å². The lowest BCUT2D eigenvalue weighted by molar-refractivity contribution is -0.131. The lowest BCUT2D eigenvalue weighted by Crippen LogP contribution is -2.37. The maximum atomic E-state index is 12.4. The summed E-state index contributed by atoms with van der Waals surface area (Å²) in [7, 11) is -2.83. The molecule has 1 fully saturated rings. The molecule has 1 aromatic rings. The first kappa shape index (κ1) is 16.9. The molecule has 0 unspecified atom stereocenters. The lowest BCUT2D eigenvalue weighted by atomic mass is 10.1. The van der Waals surface area contributed by atoms with Crippen molar-refractivity contribution in [2.24, 2.45) is 5.92 Å². The molecule has 1 saturated carbocycles. The summed E-state index contributed by atoms with van der Waals surface area (Å²) in [5.41, 5.74) is 0.605. The molecule has 0 aromatic heterocycles. The average Bonchev–Trinajstić information content (AvgIpc) is 3.30. The van der Waals surface area contributed by atoms with Crippen LogP contribution in [0, 0.1) is 5.92 Å². The fourth-order valence-corrected chi connectivity index (χ4v) is 3.04. The molecule has 0 aliphatic heterocycles. The first-order valence-electron chi connectivity index (χ1n) is 7.10. The maximum Gasteiger partial charge on any atom is 0.341 e. The summed E-state index contributed by atoms with van der Waals surface area (Å²) in [4.78, 5) is 13.4. The van der Waals surface area contributed by atoms with Gasteiger partial charge in [-0.3, -0.25) is 4.79 Å². The van der Waals surface area contributed by atoms with Crippen molar-refractivity contribution in [2.45, 2.75) is 42.9 Å². The van der Waals surface area contributed by atoms with Crippen molar-refractivity contribution in [2.75, 3.05) is 7.05 Å². The molecule has 0 radical (unpaired) electrons. The monoisotopic (exact) mass is 331 g/mol. The van der Waals surface area contributed by atoms with Gasteiger partial charge in [-0.1, -0.05) is 12.1 Å². The van der Waals surface area contributed by atoms with E-state index in [9.17, 15) is 22.0 Å². The van der Waals surface area contributed by atoms with E-state index < -0.39 is 20.5 Å². The van der Waals surface area contributed by atoms with Gasteiger partial charge in [-0.15, -0.1) is 0 Å². The average molecular weight is 331 g/mol. The molecule has 0 saturated heterocycles. The zero-order chi connectivity index (χ0) is 16.5. The number of amides is 1. The third-order valence-electron chi connectivity index (χ3n) is 4.15. The van der Waals surface area contributed by atoms with Gasteiger partial charge in [-0.25, -0.2) is 8.42 Å². The minimum absolute atomic E-state index is 0.0659. The summed E-state index contributed by atoms with van der Waals surface area (Å²) in [6.07, 6.45) is 2.40. The zero-order valence-electron chi connectivity index (χ0n) is 12.5. The molecule has 2 rings (SSSR count). The highest BCUT2D eigenvalue weighted by atomic mass is 32.2. The van der Waals surface area contributed by atoms with Crippen LogP contribution in [0.15, 0.2) is 29.2 Å². The standard InChI is InChI=1S/C15H19F2NO3S/c1-10(12-5-6-12)18(2)14(19)9-11-3-7-13(8-4-11)22(20,21)15(16)17/h3-4,7-8,10,12,15H,5-6,9H2,1-2H3/t10-/m1/s1. The molecule has 0 N–H and O–H groups in total. The normalized spacial score (nSPS) is 16.6. The molecule has 7 heteroatoms. The summed E-state index contributed by atoms with van der Waals surface area (Å²) in [6, 6.07) is 5.24. The summed E-state index contributed by atoms with van der Waals surface area (Å²) < 4.78 is 47.5. The van der Waals surface area contributed by atoms with E-state index >= 15 is 0 Å². The Morgan fingerprint density at radius 3 is 2.27 bits per heavy atom. The second-order valence-electron chi connectivity index (χ2n) is 5.71. The van der Waals surface area contributed by atoms with Crippen LogP contribution in [0.4, 0.5) is 8.78 Å². The summed E-state index contributed by atoms with van der Waals surface area (Å²) >= 11 is 0. The van der Waals surface area contributed by atoms with Crippen molar-refractivity contribution >= 4 is 15.7 Å². The van der Waals surface area contributed by atoms with Crippen LogP contribution in [0.3, 0.4) is 0 Å². The minimum Gasteiger partial charge on any atom is -0.342 e. The number of likely N-dealkylation sites (N-methyl/N-ethyl adjacent to an activating group) is 1. The molecule has 4 nitrogen and oxygen atoms in total. The Morgan fingerprint density at radius 2 is 1.82 bits per heavy atom. The third-order valence-corrected chi connectivity index (χ3v) is 5.55. The highest BCUT2D eigenvalue weighted by molar-refractivity contribution is 7.91. The van der Waals surface area contributed by atoms with E-state index in [0.717, 1.165) is 25.0 Å². The van der Waals surface area contributed by atoms with Crippen LogP contribution >= 0.6 is 0 Å². The van der Waals surface area contributed by atoms with E-state index in [1.807, 2.05) is 6.92 Å². The number of nitrogens with zero attached hydrogens (tertiary/aromatic N) is 1. The number of carbonyl (C=O) groups is 1. The summed E-state index contributed by atoms with van der Waals surface area (Å²) in [5.74, 6) is -2.94. The van der Waals surface area contributed by atoms with E-state index in [-0.39, 0.29) is 18.4 Å². The molecule has 122 valence electrons. The second kappa shape index (κ2) is 6.32. The Bertz CT molecular complexity index is 639. The SMILES string of the molecule is C[C@H](C1CC1)N(C)C(=O)Cc1ccc(S(=O)(=O)C(F)F)cc1. The van der Waals surface area contributed by atoms with Crippen molar-refractivity contribution in [3.63, 3.8) is 0 Å². The highest BCUT2D eigenvalue weighted by Crippen LogP contribution is 2.34. The first-order chi connectivity index (χ1) is 10.2. The molecule has 1 atom stereocenters. The van der Waals surface area contributed by atoms with Crippen LogP contribution in [0.5, 0.6) is 0 Å². The number of carbonyl (C=O) groups excluding carboxylic acids is 1. The maximum absolute atomic E-state index is 12.4. The molecule has 0 bridgehead atoms. The van der Waals surface area contributed by atoms with Gasteiger partial charge in [0.25, 0.3) is 0 Å². The predicted molar refractivity (Wildman–Crippen MR) is 78.3 cm³/mol. The van der Waals surface area contributed by atoms with E-state index in [4.69, 9.17) is 0 Å². The van der Waals surface area contributed by atoms with Crippen LogP contribution in [0.2, 0.25) is 0 Å². The molecule has 1 aromatic carbocycles. The first-order valence-corrected chi connectivity index (χ1v) is 8.64. The molecule has 0 spiro atoms. The van der Waals surface area contributed by atoms with Gasteiger partial charge >= 0.3 is 5.76 Å². The van der Waals surface area contributed by atoms with Gasteiger partial charge in [0.05, 0.1) is 11.3 Å². The van der Waals surface area contributed by atoms with E-state index in [2.05, 4.69) is 0 Å². The van der Waals surface area contributed by atoms with Crippen LogP contribution in [0.1, 0.15) is 25.3 Å². The molecular formula is C15H19F2NO3S. The van der Waals surface area contributed by atoms with Crippen molar-refractivity contribution in [3.8, 4) is 0 Å². The van der Waals surface area contributed by atoms with Crippen LogP contribution in [0.25, 0.3) is 0 Å². The number of hydrogen-bond acceptors (Lipinski definition) is 3. The number of halogens is 2. The Kier molecular flexibility index (Phi) is 4.84. The Balaban J connectivity index is 2.03. The largest absolute Gasteiger partial charge is 0.342 e. The van der Waals surface area contributed by atoms with Gasteiger partial charge in [-0.05, 0) is 43.4 Å². The molecule has 1 amide bonds.